The van der Waals surface area contributed by atoms with Crippen LogP contribution in [0.4, 0.5) is 0 Å². The van der Waals surface area contributed by atoms with E-state index in [-0.39, 0.29) is 17.3 Å². The van der Waals surface area contributed by atoms with Crippen molar-refractivity contribution in [2.75, 3.05) is 6.54 Å². The molecular formula is C13H25N3O. The summed E-state index contributed by atoms with van der Waals surface area (Å²) in [7, 11) is 0. The minimum atomic E-state index is 0.0933. The zero-order chi connectivity index (χ0) is 13.1. The summed E-state index contributed by atoms with van der Waals surface area (Å²) in [5.74, 6) is 0. The average molecular weight is 239 g/mol. The van der Waals surface area contributed by atoms with Crippen LogP contribution in [-0.2, 0) is 6.54 Å². The minimum absolute atomic E-state index is 0.0933. The number of nitrogens with one attached hydrogen (secondary N) is 1. The van der Waals surface area contributed by atoms with Gasteiger partial charge in [0.15, 0.2) is 0 Å². The molecule has 1 aromatic heterocycles. The van der Waals surface area contributed by atoms with Crippen molar-refractivity contribution in [2.24, 2.45) is 0 Å². The third-order valence-electron chi connectivity index (χ3n) is 2.66. The summed E-state index contributed by atoms with van der Waals surface area (Å²) in [5, 5.41) is 3.42. The number of aryl methyl sites for hydroxylation is 1. The molecule has 0 atom stereocenters. The van der Waals surface area contributed by atoms with Crippen LogP contribution < -0.4 is 11.0 Å². The molecule has 0 aromatic carbocycles. The van der Waals surface area contributed by atoms with Crippen LogP contribution in [0.15, 0.2) is 17.2 Å². The Morgan fingerprint density at radius 3 is 2.41 bits per heavy atom. The lowest BCUT2D eigenvalue weighted by Crippen LogP contribution is -2.37. The third-order valence-corrected chi connectivity index (χ3v) is 2.66. The second-order valence-corrected chi connectivity index (χ2v) is 5.81. The number of rotatable bonds is 5. The second-order valence-electron chi connectivity index (χ2n) is 5.81. The van der Waals surface area contributed by atoms with Gasteiger partial charge in [0, 0.05) is 30.5 Å². The summed E-state index contributed by atoms with van der Waals surface area (Å²) in [5.41, 5.74) is 0.241. The van der Waals surface area contributed by atoms with E-state index in [4.69, 9.17) is 0 Å². The van der Waals surface area contributed by atoms with Crippen LogP contribution >= 0.6 is 0 Å². The van der Waals surface area contributed by atoms with Gasteiger partial charge < -0.3 is 5.32 Å². The topological polar surface area (TPSA) is 39.0 Å². The maximum Gasteiger partial charge on any atom is 0.328 e. The van der Waals surface area contributed by atoms with Crippen molar-refractivity contribution < 1.29 is 0 Å². The third kappa shape index (κ3) is 4.38. The summed E-state index contributed by atoms with van der Waals surface area (Å²) in [6.07, 6.45) is 4.71. The van der Waals surface area contributed by atoms with Gasteiger partial charge in [-0.25, -0.2) is 4.79 Å². The average Bonchev–Trinajstić information content (AvgIpc) is 2.53. The molecule has 0 aliphatic rings. The molecule has 0 amide bonds. The van der Waals surface area contributed by atoms with E-state index in [2.05, 4.69) is 26.1 Å². The summed E-state index contributed by atoms with van der Waals surface area (Å²) in [6.45, 7) is 12.2. The smallest absolute Gasteiger partial charge is 0.312 e. The van der Waals surface area contributed by atoms with Gasteiger partial charge in [0.25, 0.3) is 0 Å². The SMILES string of the molecule is CC(C)n1ccn(CCCNC(C)(C)C)c1=O. The Labute approximate surface area is 104 Å². The normalized spacial score (nSPS) is 12.4. The molecular weight excluding hydrogens is 214 g/mol. The Bertz CT molecular complexity index is 396. The van der Waals surface area contributed by atoms with Gasteiger partial charge in [-0.15, -0.1) is 0 Å². The van der Waals surface area contributed by atoms with Crippen molar-refractivity contribution in [3.05, 3.63) is 22.9 Å². The van der Waals surface area contributed by atoms with Gasteiger partial charge in [0.2, 0.25) is 0 Å². The molecule has 1 heterocycles. The molecule has 4 nitrogen and oxygen atoms in total. The van der Waals surface area contributed by atoms with Gasteiger partial charge in [0.05, 0.1) is 0 Å². The fourth-order valence-electron chi connectivity index (χ4n) is 1.70. The molecule has 17 heavy (non-hydrogen) atoms. The van der Waals surface area contributed by atoms with E-state index in [1.54, 1.807) is 9.13 Å². The Balaban J connectivity index is 2.46. The van der Waals surface area contributed by atoms with Crippen LogP contribution in [0, 0.1) is 0 Å². The number of imidazole rings is 1. The highest BCUT2D eigenvalue weighted by atomic mass is 16.1. The molecule has 4 heteroatoms. The first-order valence-corrected chi connectivity index (χ1v) is 6.33. The molecule has 1 aromatic rings. The first kappa shape index (κ1) is 14.0. The van der Waals surface area contributed by atoms with E-state index >= 15 is 0 Å². The summed E-state index contributed by atoms with van der Waals surface area (Å²) in [6, 6.07) is 0.233. The van der Waals surface area contributed by atoms with Crippen LogP contribution in [0.5, 0.6) is 0 Å². The van der Waals surface area contributed by atoms with Gasteiger partial charge in [-0.3, -0.25) is 9.13 Å². The number of nitrogens with zero attached hydrogens (tertiary/aromatic N) is 2. The zero-order valence-electron chi connectivity index (χ0n) is 11.7. The highest BCUT2D eigenvalue weighted by Crippen LogP contribution is 2.01. The summed E-state index contributed by atoms with van der Waals surface area (Å²) in [4.78, 5) is 11.9. The molecule has 0 spiro atoms. The van der Waals surface area contributed by atoms with E-state index in [1.807, 2.05) is 26.2 Å². The van der Waals surface area contributed by atoms with Crippen molar-refractivity contribution >= 4 is 0 Å². The lowest BCUT2D eigenvalue weighted by molar-refractivity contribution is 0.411. The molecule has 1 rings (SSSR count). The predicted molar refractivity (Wildman–Crippen MR) is 71.4 cm³/mol. The van der Waals surface area contributed by atoms with Crippen LogP contribution in [0.1, 0.15) is 47.1 Å². The molecule has 0 radical (unpaired) electrons. The van der Waals surface area contributed by atoms with Crippen LogP contribution in [0.3, 0.4) is 0 Å². The molecule has 0 aliphatic heterocycles. The maximum absolute atomic E-state index is 11.9. The molecule has 0 aliphatic carbocycles. The van der Waals surface area contributed by atoms with Crippen molar-refractivity contribution in [3.63, 3.8) is 0 Å². The van der Waals surface area contributed by atoms with Gasteiger partial charge in [-0.2, -0.15) is 0 Å². The highest BCUT2D eigenvalue weighted by Gasteiger charge is 2.08. The molecule has 98 valence electrons. The van der Waals surface area contributed by atoms with Crippen LogP contribution in [0.25, 0.3) is 0 Å². The molecule has 0 fully saturated rings. The Hall–Kier alpha value is -1.03. The number of hydrogen-bond acceptors (Lipinski definition) is 2. The maximum atomic E-state index is 11.9. The van der Waals surface area contributed by atoms with E-state index < -0.39 is 0 Å². The van der Waals surface area contributed by atoms with E-state index in [9.17, 15) is 4.79 Å². The molecule has 0 saturated carbocycles. The fraction of sp³-hybridized carbons (Fsp3) is 0.769. The first-order chi connectivity index (χ1) is 7.81. The summed E-state index contributed by atoms with van der Waals surface area (Å²) < 4.78 is 3.54. The van der Waals surface area contributed by atoms with Gasteiger partial charge in [-0.05, 0) is 47.6 Å². The largest absolute Gasteiger partial charge is 0.328 e. The minimum Gasteiger partial charge on any atom is -0.312 e. The standard InChI is InChI=1S/C13H25N3O/c1-11(2)16-10-9-15(12(16)17)8-6-7-14-13(3,4)5/h9-11,14H,6-8H2,1-5H3. The lowest BCUT2D eigenvalue weighted by atomic mass is 10.1. The van der Waals surface area contributed by atoms with E-state index in [1.165, 1.54) is 0 Å². The monoisotopic (exact) mass is 239 g/mol. The predicted octanol–water partition coefficient (Wildman–Crippen LogP) is 2.01. The molecule has 1 N–H and O–H groups in total. The quantitative estimate of drug-likeness (QED) is 0.798. The van der Waals surface area contributed by atoms with Crippen molar-refractivity contribution in [1.29, 1.82) is 0 Å². The Morgan fingerprint density at radius 1 is 1.29 bits per heavy atom. The van der Waals surface area contributed by atoms with Crippen LogP contribution in [0.2, 0.25) is 0 Å². The van der Waals surface area contributed by atoms with Crippen LogP contribution in [-0.4, -0.2) is 21.2 Å². The van der Waals surface area contributed by atoms with E-state index in [0.717, 1.165) is 19.5 Å². The molecule has 0 unspecified atom stereocenters. The fourth-order valence-corrected chi connectivity index (χ4v) is 1.70. The van der Waals surface area contributed by atoms with Gasteiger partial charge in [0.1, 0.15) is 0 Å². The Kier molecular flexibility index (Phi) is 4.57. The van der Waals surface area contributed by atoms with Gasteiger partial charge >= 0.3 is 5.69 Å². The second kappa shape index (κ2) is 5.54. The number of aromatic nitrogens is 2. The number of hydrogen-bond donors (Lipinski definition) is 1. The first-order valence-electron chi connectivity index (χ1n) is 6.33. The van der Waals surface area contributed by atoms with Crippen molar-refractivity contribution in [3.8, 4) is 0 Å². The lowest BCUT2D eigenvalue weighted by Gasteiger charge is -2.20. The van der Waals surface area contributed by atoms with Gasteiger partial charge in [-0.1, -0.05) is 0 Å². The Morgan fingerprint density at radius 2 is 1.94 bits per heavy atom. The molecule has 0 saturated heterocycles. The van der Waals surface area contributed by atoms with E-state index in [0.29, 0.717) is 0 Å². The molecule has 0 bridgehead atoms. The van der Waals surface area contributed by atoms with Crippen molar-refractivity contribution in [1.82, 2.24) is 14.5 Å². The zero-order valence-corrected chi connectivity index (χ0v) is 11.7. The van der Waals surface area contributed by atoms with Crippen molar-refractivity contribution in [2.45, 2.75) is 59.2 Å². The highest BCUT2D eigenvalue weighted by molar-refractivity contribution is 4.83. The summed E-state index contributed by atoms with van der Waals surface area (Å²) >= 11 is 0.